The van der Waals surface area contributed by atoms with Gasteiger partial charge in [0.15, 0.2) is 0 Å². The van der Waals surface area contributed by atoms with Gasteiger partial charge in [0.1, 0.15) is 0 Å². The molecule has 5 heteroatoms. The largest absolute Gasteiger partial charge is 0.465 e. The topological polar surface area (TPSA) is 26.3 Å². The minimum atomic E-state index is -0.300. The van der Waals surface area contributed by atoms with Crippen molar-refractivity contribution in [3.05, 3.63) is 0 Å². The van der Waals surface area contributed by atoms with Crippen molar-refractivity contribution >= 4 is 43.9 Å². The molecule has 0 saturated heterocycles. The molecule has 60 valence electrons. The van der Waals surface area contributed by atoms with Crippen molar-refractivity contribution in [2.24, 2.45) is 0 Å². The Morgan fingerprint density at radius 2 is 2.10 bits per heavy atom. The zero-order valence-electron chi connectivity index (χ0n) is 5.36. The Bertz CT molecular complexity index is 105. The van der Waals surface area contributed by atoms with E-state index in [4.69, 9.17) is 0 Å². The van der Waals surface area contributed by atoms with Crippen LogP contribution in [0.2, 0.25) is 0 Å². The molecule has 0 amide bonds. The zero-order valence-corrected chi connectivity index (χ0v) is 8.04. The van der Waals surface area contributed by atoms with Crippen LogP contribution in [0.5, 0.6) is 0 Å². The standard InChI is InChI=1S/C5H10O2S3/c6-4(3-8)7-2-1-5(9)10/h5,8-10H,1-3H2. The minimum Gasteiger partial charge on any atom is -0.465 e. The summed E-state index contributed by atoms with van der Waals surface area (Å²) in [5, 5.41) is 0. The second kappa shape index (κ2) is 6.24. The lowest BCUT2D eigenvalue weighted by atomic mass is 10.5. The zero-order chi connectivity index (χ0) is 7.98. The van der Waals surface area contributed by atoms with Crippen molar-refractivity contribution in [1.29, 1.82) is 0 Å². The Morgan fingerprint density at radius 3 is 2.50 bits per heavy atom. The van der Waals surface area contributed by atoms with Gasteiger partial charge < -0.3 is 4.74 Å². The maximum absolute atomic E-state index is 10.4. The molecule has 0 fully saturated rings. The van der Waals surface area contributed by atoms with Crippen molar-refractivity contribution < 1.29 is 9.53 Å². The van der Waals surface area contributed by atoms with Gasteiger partial charge in [-0.2, -0.15) is 37.9 Å². The molecule has 2 nitrogen and oxygen atoms in total. The second-order valence-corrected chi connectivity index (χ2v) is 3.62. The number of carbonyl (C=O) groups excluding carboxylic acids is 1. The number of hydrogen-bond acceptors (Lipinski definition) is 5. The van der Waals surface area contributed by atoms with Crippen LogP contribution in [-0.2, 0) is 9.53 Å². The average Bonchev–Trinajstić information content (AvgIpc) is 1.87. The molecule has 0 rings (SSSR count). The van der Waals surface area contributed by atoms with E-state index in [1.165, 1.54) is 0 Å². The van der Waals surface area contributed by atoms with Gasteiger partial charge in [0.05, 0.1) is 12.4 Å². The third-order valence-corrected chi connectivity index (χ3v) is 1.54. The van der Waals surface area contributed by atoms with E-state index >= 15 is 0 Å². The molecule has 0 aliphatic carbocycles. The Kier molecular flexibility index (Phi) is 6.57. The number of carbonyl (C=O) groups is 1. The summed E-state index contributed by atoms with van der Waals surface area (Å²) >= 11 is 11.7. The first-order valence-corrected chi connectivity index (χ1v) is 4.46. The van der Waals surface area contributed by atoms with E-state index in [0.29, 0.717) is 13.0 Å². The molecule has 0 bridgehead atoms. The van der Waals surface area contributed by atoms with E-state index in [-0.39, 0.29) is 16.3 Å². The highest BCUT2D eigenvalue weighted by molar-refractivity contribution is 7.99. The molecule has 0 radical (unpaired) electrons. The molecule has 0 aromatic rings. The van der Waals surface area contributed by atoms with Crippen molar-refractivity contribution in [1.82, 2.24) is 0 Å². The van der Waals surface area contributed by atoms with Gasteiger partial charge in [0, 0.05) is 11.0 Å². The molecule has 0 heterocycles. The van der Waals surface area contributed by atoms with Crippen LogP contribution in [0.1, 0.15) is 6.42 Å². The number of thiol groups is 3. The fourth-order valence-electron chi connectivity index (χ4n) is 0.324. The summed E-state index contributed by atoms with van der Waals surface area (Å²) in [6.07, 6.45) is 0.658. The summed E-state index contributed by atoms with van der Waals surface area (Å²) in [5.41, 5.74) is 0. The minimum absolute atomic E-state index is 0.0206. The van der Waals surface area contributed by atoms with Crippen LogP contribution in [0.25, 0.3) is 0 Å². The molecule has 0 spiro atoms. The molecule has 10 heavy (non-hydrogen) atoms. The SMILES string of the molecule is O=C(CS)OCCC(S)S. The summed E-state index contributed by atoms with van der Waals surface area (Å²) in [6.45, 7) is 0.372. The highest BCUT2D eigenvalue weighted by atomic mass is 32.2. The fraction of sp³-hybridized carbons (Fsp3) is 0.800. The van der Waals surface area contributed by atoms with E-state index in [1.54, 1.807) is 0 Å². The molecular weight excluding hydrogens is 188 g/mol. The van der Waals surface area contributed by atoms with Crippen molar-refractivity contribution in [3.8, 4) is 0 Å². The van der Waals surface area contributed by atoms with Crippen molar-refractivity contribution in [3.63, 3.8) is 0 Å². The molecule has 0 aliphatic rings. The molecular formula is C5H10O2S3. The Balaban J connectivity index is 3.12. The Hall–Kier alpha value is 0.520. The number of rotatable bonds is 4. The molecule has 0 aromatic carbocycles. The van der Waals surface area contributed by atoms with Gasteiger partial charge in [-0.15, -0.1) is 0 Å². The van der Waals surface area contributed by atoms with E-state index in [1.807, 2.05) is 0 Å². The molecule has 0 unspecified atom stereocenters. The summed E-state index contributed by atoms with van der Waals surface area (Å²) in [7, 11) is 0. The first kappa shape index (κ1) is 10.5. The van der Waals surface area contributed by atoms with E-state index in [9.17, 15) is 4.79 Å². The predicted molar refractivity (Wildman–Crippen MR) is 51.2 cm³/mol. The third kappa shape index (κ3) is 6.64. The van der Waals surface area contributed by atoms with Gasteiger partial charge in [-0.05, 0) is 0 Å². The van der Waals surface area contributed by atoms with Crippen LogP contribution in [0, 0.1) is 0 Å². The molecule has 0 N–H and O–H groups in total. The fourth-order valence-corrected chi connectivity index (χ4v) is 0.626. The molecule has 0 aliphatic heterocycles. The van der Waals surface area contributed by atoms with Crippen LogP contribution in [0.4, 0.5) is 0 Å². The highest BCUT2D eigenvalue weighted by Gasteiger charge is 1.99. The average molecular weight is 198 g/mol. The van der Waals surface area contributed by atoms with Crippen LogP contribution in [0.15, 0.2) is 0 Å². The van der Waals surface area contributed by atoms with Gasteiger partial charge in [-0.25, -0.2) is 0 Å². The summed E-state index contributed by atoms with van der Waals surface area (Å²) in [5.74, 6) is -0.172. The highest BCUT2D eigenvalue weighted by Crippen LogP contribution is 2.04. The van der Waals surface area contributed by atoms with Crippen LogP contribution < -0.4 is 0 Å². The van der Waals surface area contributed by atoms with Crippen molar-refractivity contribution in [2.75, 3.05) is 12.4 Å². The van der Waals surface area contributed by atoms with Gasteiger partial charge >= 0.3 is 5.97 Å². The van der Waals surface area contributed by atoms with E-state index in [0.717, 1.165) is 0 Å². The Labute approximate surface area is 76.9 Å². The van der Waals surface area contributed by atoms with Crippen molar-refractivity contribution in [2.45, 2.75) is 11.0 Å². The maximum Gasteiger partial charge on any atom is 0.315 e. The third-order valence-electron chi connectivity index (χ3n) is 0.768. The lowest BCUT2D eigenvalue weighted by molar-refractivity contribution is -0.140. The van der Waals surface area contributed by atoms with Gasteiger partial charge in [0.2, 0.25) is 0 Å². The van der Waals surface area contributed by atoms with Gasteiger partial charge in [-0.1, -0.05) is 0 Å². The summed E-state index contributed by atoms with van der Waals surface area (Å²) in [6, 6.07) is 0. The predicted octanol–water partition coefficient (Wildman–Crippen LogP) is 1.04. The van der Waals surface area contributed by atoms with Crippen LogP contribution in [-0.4, -0.2) is 22.9 Å². The normalized spacial score (nSPS) is 10.0. The summed E-state index contributed by atoms with van der Waals surface area (Å²) < 4.78 is 4.67. The smallest absolute Gasteiger partial charge is 0.315 e. The van der Waals surface area contributed by atoms with Gasteiger partial charge in [0.25, 0.3) is 0 Å². The van der Waals surface area contributed by atoms with Crippen LogP contribution >= 0.6 is 37.9 Å². The molecule has 0 aromatic heterocycles. The maximum atomic E-state index is 10.4. The number of esters is 1. The quantitative estimate of drug-likeness (QED) is 0.357. The Morgan fingerprint density at radius 1 is 1.50 bits per heavy atom. The molecule has 0 saturated carbocycles. The lowest BCUT2D eigenvalue weighted by Crippen LogP contribution is -2.08. The monoisotopic (exact) mass is 198 g/mol. The summed E-state index contributed by atoms with van der Waals surface area (Å²) in [4.78, 5) is 10.4. The second-order valence-electron chi connectivity index (χ2n) is 1.65. The lowest BCUT2D eigenvalue weighted by Gasteiger charge is -2.03. The van der Waals surface area contributed by atoms with Crippen LogP contribution in [0.3, 0.4) is 0 Å². The first-order valence-electron chi connectivity index (χ1n) is 2.79. The molecule has 0 atom stereocenters. The first-order chi connectivity index (χ1) is 4.66. The number of ether oxygens (including phenoxy) is 1. The van der Waals surface area contributed by atoms with Gasteiger partial charge in [-0.3, -0.25) is 4.79 Å². The number of hydrogen-bond donors (Lipinski definition) is 3. The van der Waals surface area contributed by atoms with E-state index < -0.39 is 0 Å². The van der Waals surface area contributed by atoms with E-state index in [2.05, 4.69) is 42.6 Å².